The van der Waals surface area contributed by atoms with Gasteiger partial charge in [0.2, 0.25) is 6.29 Å². The number of ketones is 2. The molecule has 0 radical (unpaired) electrons. The highest BCUT2D eigenvalue weighted by atomic mass is 33.1. The number of pyridine rings is 1. The SMILES string of the molecule is O=C1c2cccc3c2C(=O)C2(CSSCNc4cc(ccn4)CCC4(O)C(O)C(CO)OC(O3)C4O)C(O)=CC(Cc3cccc(CO)c3)=CC12. The fraction of sp³-hybridized carbons (Fsp3) is 0.378. The van der Waals surface area contributed by atoms with Crippen LogP contribution in [0.25, 0.3) is 0 Å². The molecule has 4 aliphatic rings. The third-order valence-corrected chi connectivity index (χ3v) is 12.4. The monoisotopic (exact) mass is 734 g/mol. The summed E-state index contributed by atoms with van der Waals surface area (Å²) in [5.74, 6) is -1.53. The van der Waals surface area contributed by atoms with E-state index in [0.717, 1.165) is 16.7 Å². The van der Waals surface area contributed by atoms with Gasteiger partial charge in [-0.25, -0.2) is 4.98 Å². The predicted octanol–water partition coefficient (Wildman–Crippen LogP) is 3.13. The molecule has 7 N–H and O–H groups in total. The van der Waals surface area contributed by atoms with Gasteiger partial charge in [0.15, 0.2) is 11.6 Å². The average Bonchev–Trinajstić information content (AvgIpc) is 3.13. The topological polar surface area (TPSA) is 199 Å². The quantitative estimate of drug-likeness (QED) is 0.193. The van der Waals surface area contributed by atoms with Crippen LogP contribution in [0.5, 0.6) is 5.75 Å². The lowest BCUT2D eigenvalue weighted by Crippen LogP contribution is -2.68. The summed E-state index contributed by atoms with van der Waals surface area (Å²) >= 11 is 0. The molecule has 7 unspecified atom stereocenters. The first kappa shape index (κ1) is 35.7. The lowest BCUT2D eigenvalue weighted by molar-refractivity contribution is -0.315. The molecule has 0 saturated carbocycles. The molecular formula is C37H38N2O10S2. The molecule has 12 nitrogen and oxygen atoms in total. The van der Waals surface area contributed by atoms with Crippen LogP contribution in [-0.4, -0.2) is 95.6 Å². The van der Waals surface area contributed by atoms with Crippen LogP contribution >= 0.6 is 21.6 Å². The van der Waals surface area contributed by atoms with Crippen LogP contribution in [0.15, 0.2) is 84.3 Å². The van der Waals surface area contributed by atoms with E-state index in [9.17, 15) is 40.2 Å². The van der Waals surface area contributed by atoms with Gasteiger partial charge in [-0.3, -0.25) is 9.59 Å². The van der Waals surface area contributed by atoms with Gasteiger partial charge in [-0.2, -0.15) is 0 Å². The molecule has 14 heteroatoms. The molecule has 1 aromatic heterocycles. The number of aliphatic hydroxyl groups excluding tert-OH is 5. The van der Waals surface area contributed by atoms with Crippen LogP contribution in [0.3, 0.4) is 0 Å². The highest BCUT2D eigenvalue weighted by Gasteiger charge is 2.59. The second-order valence-corrected chi connectivity index (χ2v) is 15.7. The first-order valence-corrected chi connectivity index (χ1v) is 19.0. The number of nitrogens with zero attached hydrogens (tertiary/aromatic N) is 1. The number of hydrogen-bond acceptors (Lipinski definition) is 14. The number of Topliss-reactive ketones (excluding diaryl/α,β-unsaturated/α-hetero) is 2. The summed E-state index contributed by atoms with van der Waals surface area (Å²) in [7, 11) is 2.70. The number of hydrogen-bond donors (Lipinski definition) is 7. The first-order valence-electron chi connectivity index (χ1n) is 16.6. The van der Waals surface area contributed by atoms with Gasteiger partial charge in [-0.05, 0) is 65.8 Å². The van der Waals surface area contributed by atoms with Gasteiger partial charge in [0.05, 0.1) is 30.6 Å². The molecule has 3 aromatic rings. The van der Waals surface area contributed by atoms with Crippen molar-refractivity contribution in [3.05, 3.63) is 112 Å². The Hall–Kier alpha value is -3.73. The summed E-state index contributed by atoms with van der Waals surface area (Å²) in [5.41, 5.74) is -0.990. The van der Waals surface area contributed by atoms with E-state index in [1.165, 1.54) is 45.9 Å². The molecule has 7 rings (SSSR count). The van der Waals surface area contributed by atoms with Gasteiger partial charge in [0, 0.05) is 17.5 Å². The fourth-order valence-electron chi connectivity index (χ4n) is 7.36. The zero-order valence-electron chi connectivity index (χ0n) is 27.3. The van der Waals surface area contributed by atoms with Gasteiger partial charge in [-0.15, -0.1) is 0 Å². The smallest absolute Gasteiger partial charge is 0.229 e. The minimum absolute atomic E-state index is 0.0169. The lowest BCUT2D eigenvalue weighted by Gasteiger charge is -2.48. The number of aliphatic hydroxyl groups is 6. The van der Waals surface area contributed by atoms with Gasteiger partial charge < -0.3 is 45.4 Å². The molecule has 6 bridgehead atoms. The van der Waals surface area contributed by atoms with Crippen LogP contribution in [0, 0.1) is 11.3 Å². The first-order chi connectivity index (χ1) is 24.6. The molecule has 268 valence electrons. The van der Waals surface area contributed by atoms with Crippen molar-refractivity contribution in [2.75, 3.05) is 23.6 Å². The number of carbonyl (C=O) groups is 2. The molecule has 0 amide bonds. The maximum Gasteiger partial charge on any atom is 0.229 e. The maximum absolute atomic E-state index is 14.9. The van der Waals surface area contributed by atoms with Crippen molar-refractivity contribution in [3.63, 3.8) is 0 Å². The fourth-order valence-corrected chi connectivity index (χ4v) is 9.61. The summed E-state index contributed by atoms with van der Waals surface area (Å²) < 4.78 is 11.9. The Labute approximate surface area is 301 Å². The molecule has 2 aromatic carbocycles. The summed E-state index contributed by atoms with van der Waals surface area (Å²) in [4.78, 5) is 33.7. The number of aryl methyl sites for hydroxylation is 1. The highest BCUT2D eigenvalue weighted by Crippen LogP contribution is 2.53. The van der Waals surface area contributed by atoms with Crippen molar-refractivity contribution in [2.45, 2.75) is 56.1 Å². The Kier molecular flexibility index (Phi) is 10.0. The second kappa shape index (κ2) is 14.4. The summed E-state index contributed by atoms with van der Waals surface area (Å²) in [6.07, 6.45) is -1.27. The van der Waals surface area contributed by atoms with Gasteiger partial charge >= 0.3 is 0 Å². The number of aromatic nitrogens is 1. The van der Waals surface area contributed by atoms with Crippen molar-refractivity contribution in [1.29, 1.82) is 0 Å². The number of carbonyl (C=O) groups excluding carboxylic acids is 2. The van der Waals surface area contributed by atoms with E-state index in [2.05, 4.69) is 10.3 Å². The van der Waals surface area contributed by atoms with Crippen LogP contribution < -0.4 is 10.1 Å². The Morgan fingerprint density at radius 2 is 1.80 bits per heavy atom. The summed E-state index contributed by atoms with van der Waals surface area (Å²) in [6.45, 7) is -0.844. The van der Waals surface area contributed by atoms with Crippen LogP contribution in [-0.2, 0) is 24.2 Å². The van der Waals surface area contributed by atoms with E-state index in [4.69, 9.17) is 9.47 Å². The molecule has 51 heavy (non-hydrogen) atoms. The third kappa shape index (κ3) is 6.37. The molecule has 1 spiro atoms. The van der Waals surface area contributed by atoms with Crippen molar-refractivity contribution >= 4 is 39.0 Å². The van der Waals surface area contributed by atoms with Crippen molar-refractivity contribution in [2.24, 2.45) is 11.3 Å². The Bertz CT molecular complexity index is 1900. The van der Waals surface area contributed by atoms with Crippen LogP contribution in [0.4, 0.5) is 5.82 Å². The predicted molar refractivity (Wildman–Crippen MR) is 190 cm³/mol. The van der Waals surface area contributed by atoms with Gasteiger partial charge in [0.1, 0.15) is 46.7 Å². The number of nitrogens with one attached hydrogen (secondary N) is 1. The van der Waals surface area contributed by atoms with E-state index in [1.54, 1.807) is 30.5 Å². The van der Waals surface area contributed by atoms with Crippen molar-refractivity contribution < 1.29 is 49.7 Å². The molecule has 2 aliphatic heterocycles. The lowest BCUT2D eigenvalue weighted by atomic mass is 9.60. The molecule has 3 heterocycles. The zero-order chi connectivity index (χ0) is 35.9. The van der Waals surface area contributed by atoms with E-state index in [-0.39, 0.29) is 47.8 Å². The van der Waals surface area contributed by atoms with E-state index in [0.29, 0.717) is 23.7 Å². The number of fused-ring (bicyclic) bond motifs is 4. The largest absolute Gasteiger partial charge is 0.511 e. The zero-order valence-corrected chi connectivity index (χ0v) is 29.0. The third-order valence-electron chi connectivity index (χ3n) is 10.2. The molecule has 7 atom stereocenters. The Balaban J connectivity index is 1.32. The second-order valence-electron chi connectivity index (χ2n) is 13.2. The van der Waals surface area contributed by atoms with Crippen LogP contribution in [0.1, 0.15) is 43.8 Å². The molecule has 1 fully saturated rings. The van der Waals surface area contributed by atoms with E-state index >= 15 is 0 Å². The summed E-state index contributed by atoms with van der Waals surface area (Å²) in [6, 6.07) is 15.3. The average molecular weight is 735 g/mol. The number of anilines is 1. The minimum atomic E-state index is -2.20. The van der Waals surface area contributed by atoms with Crippen molar-refractivity contribution in [1.82, 2.24) is 4.98 Å². The highest BCUT2D eigenvalue weighted by molar-refractivity contribution is 8.76. The van der Waals surface area contributed by atoms with E-state index < -0.39 is 59.7 Å². The number of benzene rings is 2. The maximum atomic E-state index is 14.9. The normalized spacial score (nSPS) is 30.8. The van der Waals surface area contributed by atoms with Crippen LogP contribution in [0.2, 0.25) is 0 Å². The van der Waals surface area contributed by atoms with Crippen molar-refractivity contribution in [3.8, 4) is 5.75 Å². The van der Waals surface area contributed by atoms with Gasteiger partial charge in [0.25, 0.3) is 0 Å². The van der Waals surface area contributed by atoms with Gasteiger partial charge in [-0.1, -0.05) is 64.1 Å². The summed E-state index contributed by atoms with van der Waals surface area (Å²) in [5, 5.41) is 69.1. The standard InChI is InChI=1S/C37H38N2O10S2/c40-16-22-4-1-3-21(11-22)12-23-13-25-31(43)24-5-2-6-26-30(24)33(45)36(25,28(42)14-23)18-50-51-19-39-29-15-20(8-10-38-29)7-9-37(47)32(44)27(17-41)49-35(48-26)34(37)46/h1-6,8,10-11,13-15,25,27,32,34-35,40-42,44,46-47H,7,9,12,16-19H2,(H,38,39). The minimum Gasteiger partial charge on any atom is -0.511 e. The Morgan fingerprint density at radius 1 is 1.00 bits per heavy atom. The molecule has 2 aliphatic carbocycles. The molecular weight excluding hydrogens is 697 g/mol. The number of allylic oxidation sites excluding steroid dienone is 4. The molecule has 1 saturated heterocycles. The number of ether oxygens (including phenoxy) is 2. The van der Waals surface area contributed by atoms with E-state index in [1.807, 2.05) is 18.2 Å². The Morgan fingerprint density at radius 3 is 2.61 bits per heavy atom. The number of rotatable bonds is 4.